The second-order valence-electron chi connectivity index (χ2n) is 1.93. The van der Waals surface area contributed by atoms with Crippen molar-refractivity contribution in [3.63, 3.8) is 0 Å². The smallest absolute Gasteiger partial charge is 0.382 e. The zero-order valence-electron chi connectivity index (χ0n) is 8.93. The minimum absolute atomic E-state index is 0.844. The second kappa shape index (κ2) is 16.0. The fraction of sp³-hybridized carbons (Fsp3) is 0.714. The molecule has 5 nitrogen and oxygen atoms in total. The van der Waals surface area contributed by atoms with Gasteiger partial charge in [0.1, 0.15) is 0 Å². The summed E-state index contributed by atoms with van der Waals surface area (Å²) in [5.74, 6) is 0. The SMILES string of the molecule is C=C[CH2][Na].CCOCC.O=S(=O)(O)O. The van der Waals surface area contributed by atoms with Gasteiger partial charge in [-0.2, -0.15) is 8.42 Å². The third kappa shape index (κ3) is 132. The molecule has 0 spiro atoms. The first-order valence-corrected chi connectivity index (χ1v) is 7.02. The Morgan fingerprint density at radius 2 is 1.57 bits per heavy atom. The number of hydrogen-bond acceptors (Lipinski definition) is 3. The summed E-state index contributed by atoms with van der Waals surface area (Å²) in [4.78, 5) is 0. The van der Waals surface area contributed by atoms with Crippen LogP contribution in [0.5, 0.6) is 0 Å². The molecule has 0 saturated carbocycles. The van der Waals surface area contributed by atoms with E-state index in [1.165, 1.54) is 31.6 Å². The zero-order valence-corrected chi connectivity index (χ0v) is 11.7. The van der Waals surface area contributed by atoms with Crippen LogP contribution >= 0.6 is 0 Å². The molecule has 0 aromatic heterocycles. The van der Waals surface area contributed by atoms with E-state index < -0.39 is 10.4 Å². The van der Waals surface area contributed by atoms with E-state index in [1.54, 1.807) is 0 Å². The molecular weight excluding hydrogens is 219 g/mol. The van der Waals surface area contributed by atoms with Gasteiger partial charge in [0, 0.05) is 13.2 Å². The molecule has 0 aliphatic heterocycles. The fourth-order valence-electron chi connectivity index (χ4n) is 0.204. The van der Waals surface area contributed by atoms with E-state index in [0.29, 0.717) is 0 Å². The van der Waals surface area contributed by atoms with Crippen LogP contribution in [0.1, 0.15) is 13.8 Å². The minimum Gasteiger partial charge on any atom is -0.382 e. The Morgan fingerprint density at radius 1 is 1.36 bits per heavy atom. The fourth-order valence-corrected chi connectivity index (χ4v) is 0.204. The summed E-state index contributed by atoms with van der Waals surface area (Å²) >= 11 is 1.27. The van der Waals surface area contributed by atoms with E-state index in [0.717, 1.165) is 13.2 Å². The number of ether oxygens (including phenoxy) is 1. The second-order valence-corrected chi connectivity index (χ2v) is 3.64. The van der Waals surface area contributed by atoms with Crippen LogP contribution in [0, 0.1) is 0 Å². The summed E-state index contributed by atoms with van der Waals surface area (Å²) in [7, 11) is -4.67. The van der Waals surface area contributed by atoms with E-state index in [9.17, 15) is 0 Å². The van der Waals surface area contributed by atoms with Gasteiger partial charge in [0.25, 0.3) is 0 Å². The van der Waals surface area contributed by atoms with E-state index >= 15 is 0 Å². The maximum Gasteiger partial charge on any atom is 0.394 e. The maximum atomic E-state index is 8.74. The Balaban J connectivity index is -0.000000131. The van der Waals surface area contributed by atoms with Crippen molar-refractivity contribution in [1.82, 2.24) is 0 Å². The average Bonchev–Trinajstić information content (AvgIpc) is 2.03. The summed E-state index contributed by atoms with van der Waals surface area (Å²) in [6.45, 7) is 9.18. The molecule has 0 unspecified atom stereocenters. The maximum absolute atomic E-state index is 8.74. The van der Waals surface area contributed by atoms with Crippen molar-refractivity contribution >= 4 is 38.3 Å². The summed E-state index contributed by atoms with van der Waals surface area (Å²) in [5.41, 5.74) is 0. The normalized spacial score (nSPS) is 9.00. The van der Waals surface area contributed by atoms with E-state index in [4.69, 9.17) is 22.3 Å². The van der Waals surface area contributed by atoms with Gasteiger partial charge in [-0.1, -0.05) is 0 Å². The third-order valence-corrected chi connectivity index (χ3v) is 1.27. The topological polar surface area (TPSA) is 83.8 Å². The first-order valence-electron chi connectivity index (χ1n) is 4.21. The quantitative estimate of drug-likeness (QED) is 0.436. The Labute approximate surface area is 104 Å². The van der Waals surface area contributed by atoms with E-state index in [2.05, 4.69) is 6.58 Å². The summed E-state index contributed by atoms with van der Waals surface area (Å²) in [6, 6.07) is 0. The summed E-state index contributed by atoms with van der Waals surface area (Å²) < 4.78 is 37.6. The molecule has 0 amide bonds. The van der Waals surface area contributed by atoms with Crippen molar-refractivity contribution in [2.75, 3.05) is 13.2 Å². The van der Waals surface area contributed by atoms with Crippen LogP contribution in [0.15, 0.2) is 12.7 Å². The van der Waals surface area contributed by atoms with Crippen LogP contribution in [0.25, 0.3) is 0 Å². The van der Waals surface area contributed by atoms with Gasteiger partial charge >= 0.3 is 54.7 Å². The van der Waals surface area contributed by atoms with Crippen molar-refractivity contribution < 1.29 is 22.3 Å². The van der Waals surface area contributed by atoms with Crippen LogP contribution in [-0.2, 0) is 15.1 Å². The minimum atomic E-state index is -4.67. The zero-order chi connectivity index (χ0) is 12.0. The van der Waals surface area contributed by atoms with Crippen molar-refractivity contribution in [2.24, 2.45) is 0 Å². The molecule has 0 heterocycles. The van der Waals surface area contributed by atoms with Gasteiger partial charge in [-0.3, -0.25) is 9.11 Å². The Bertz CT molecular complexity index is 180. The molecule has 0 fully saturated rings. The Kier molecular flexibility index (Phi) is 22.9. The molecular formula is C7H17NaO5S. The number of allylic oxidation sites excluding steroid dienone is 1. The molecule has 0 rings (SSSR count). The van der Waals surface area contributed by atoms with Gasteiger partial charge in [-0.25, -0.2) is 0 Å². The van der Waals surface area contributed by atoms with Gasteiger partial charge in [0.05, 0.1) is 0 Å². The molecule has 0 aromatic rings. The molecule has 0 atom stereocenters. The first-order chi connectivity index (χ1) is 6.33. The molecule has 7 heteroatoms. The van der Waals surface area contributed by atoms with Gasteiger partial charge < -0.3 is 4.74 Å². The molecule has 2 N–H and O–H groups in total. The average molecular weight is 236 g/mol. The molecule has 0 aliphatic carbocycles. The van der Waals surface area contributed by atoms with Crippen molar-refractivity contribution in [1.29, 1.82) is 0 Å². The van der Waals surface area contributed by atoms with Gasteiger partial charge in [-0.05, 0) is 13.8 Å². The standard InChI is InChI=1S/C4H10O.C3H5.Na.H2O4S/c1-3-5-4-2;1-3-2;;1-5(2,3)4/h3-4H2,1-2H3;3H,1-2H2;;(H2,1,2,3,4). The van der Waals surface area contributed by atoms with Gasteiger partial charge in [0.15, 0.2) is 0 Å². The van der Waals surface area contributed by atoms with Crippen molar-refractivity contribution in [3.8, 4) is 0 Å². The molecule has 0 aromatic carbocycles. The van der Waals surface area contributed by atoms with E-state index in [-0.39, 0.29) is 0 Å². The molecule has 0 saturated heterocycles. The van der Waals surface area contributed by atoms with Crippen LogP contribution < -0.4 is 0 Å². The van der Waals surface area contributed by atoms with Crippen molar-refractivity contribution in [3.05, 3.63) is 12.7 Å². The number of hydrogen-bond donors (Lipinski definition) is 2. The van der Waals surface area contributed by atoms with Crippen LogP contribution in [-0.4, -0.2) is 58.7 Å². The summed E-state index contributed by atoms with van der Waals surface area (Å²) in [5, 5.41) is 0. The molecule has 14 heavy (non-hydrogen) atoms. The van der Waals surface area contributed by atoms with Crippen LogP contribution in [0.4, 0.5) is 0 Å². The van der Waals surface area contributed by atoms with Gasteiger partial charge in [0.2, 0.25) is 0 Å². The Morgan fingerprint density at radius 3 is 1.57 bits per heavy atom. The first kappa shape index (κ1) is 20.0. The van der Waals surface area contributed by atoms with Crippen molar-refractivity contribution in [2.45, 2.75) is 17.5 Å². The summed E-state index contributed by atoms with van der Waals surface area (Å²) in [6.07, 6.45) is 1.94. The molecule has 82 valence electrons. The van der Waals surface area contributed by atoms with Crippen LogP contribution in [0.2, 0.25) is 3.67 Å². The molecule has 0 radical (unpaired) electrons. The predicted octanol–water partition coefficient (Wildman–Crippen LogP) is 1.15. The molecule has 0 aliphatic rings. The van der Waals surface area contributed by atoms with E-state index in [1.807, 2.05) is 19.9 Å². The number of rotatable bonds is 3. The molecule has 0 bridgehead atoms. The Hall–Kier alpha value is 0.570. The third-order valence-electron chi connectivity index (χ3n) is 0.697. The largest absolute Gasteiger partial charge is 0.394 e. The van der Waals surface area contributed by atoms with Gasteiger partial charge in [-0.15, -0.1) is 0 Å². The van der Waals surface area contributed by atoms with Crippen LogP contribution in [0.3, 0.4) is 0 Å². The monoisotopic (exact) mass is 236 g/mol. The predicted molar refractivity (Wildman–Crippen MR) is 57.1 cm³/mol.